The predicted octanol–water partition coefficient (Wildman–Crippen LogP) is 3.99. The van der Waals surface area contributed by atoms with E-state index in [0.717, 1.165) is 17.0 Å². The van der Waals surface area contributed by atoms with E-state index >= 15 is 0 Å². The Labute approximate surface area is 185 Å². The van der Waals surface area contributed by atoms with Gasteiger partial charge in [0.1, 0.15) is 6.04 Å². The van der Waals surface area contributed by atoms with Gasteiger partial charge in [-0.2, -0.15) is 11.8 Å². The maximum atomic E-state index is 12.6. The van der Waals surface area contributed by atoms with Crippen molar-refractivity contribution >= 4 is 35.0 Å². The molecule has 0 saturated heterocycles. The molecule has 3 N–H and O–H groups in total. The molecular weight excluding hydrogens is 408 g/mol. The van der Waals surface area contributed by atoms with Crippen LogP contribution in [0, 0.1) is 6.92 Å². The van der Waals surface area contributed by atoms with Crippen molar-refractivity contribution in [2.45, 2.75) is 25.3 Å². The van der Waals surface area contributed by atoms with Crippen molar-refractivity contribution in [3.8, 4) is 0 Å². The fraction of sp³-hybridized carbons (Fsp3) is 0.208. The topological polar surface area (TPSA) is 83.1 Å². The average molecular weight is 433 g/mol. The maximum Gasteiger partial charge on any atom is 0.251 e. The molecule has 2 aromatic carbocycles. The van der Waals surface area contributed by atoms with Crippen LogP contribution in [0.2, 0.25) is 0 Å². The first-order valence-electron chi connectivity index (χ1n) is 10.1. The molecule has 1 aliphatic rings. The molecule has 3 aromatic rings. The molecule has 4 rings (SSSR count). The number of hydrogen-bond donors (Lipinski definition) is 3. The van der Waals surface area contributed by atoms with E-state index in [1.54, 1.807) is 36.3 Å². The van der Waals surface area contributed by atoms with Gasteiger partial charge < -0.3 is 16.0 Å². The van der Waals surface area contributed by atoms with Gasteiger partial charge in [-0.25, -0.2) is 0 Å². The molecule has 1 unspecified atom stereocenters. The van der Waals surface area contributed by atoms with E-state index in [1.807, 2.05) is 30.3 Å². The van der Waals surface area contributed by atoms with E-state index in [9.17, 15) is 9.59 Å². The largest absolute Gasteiger partial charge is 0.371 e. The number of hydrogen-bond acceptors (Lipinski definition) is 5. The number of benzene rings is 2. The molecule has 31 heavy (non-hydrogen) atoms. The van der Waals surface area contributed by atoms with Crippen molar-refractivity contribution in [2.75, 3.05) is 16.4 Å². The molecule has 0 radical (unpaired) electrons. The minimum absolute atomic E-state index is 0.0855. The first-order valence-corrected chi connectivity index (χ1v) is 11.3. The van der Waals surface area contributed by atoms with Crippen LogP contribution in [-0.2, 0) is 17.1 Å². The maximum absolute atomic E-state index is 12.6. The third-order valence-electron chi connectivity index (χ3n) is 5.17. The lowest BCUT2D eigenvalue weighted by atomic mass is 10.1. The summed E-state index contributed by atoms with van der Waals surface area (Å²) < 4.78 is 0. The van der Waals surface area contributed by atoms with Crippen LogP contribution >= 0.6 is 11.8 Å². The summed E-state index contributed by atoms with van der Waals surface area (Å²) in [6, 6.07) is 17.0. The number of aryl methyl sites for hydroxylation is 1. The van der Waals surface area contributed by atoms with Crippen molar-refractivity contribution in [1.29, 1.82) is 0 Å². The highest BCUT2D eigenvalue weighted by molar-refractivity contribution is 7.98. The molecule has 1 atom stereocenters. The number of anilines is 2. The second-order valence-electron chi connectivity index (χ2n) is 7.43. The summed E-state index contributed by atoms with van der Waals surface area (Å²) in [5.74, 6) is 1.24. The number of amides is 2. The number of pyridine rings is 1. The van der Waals surface area contributed by atoms with Crippen LogP contribution in [0.1, 0.15) is 27.0 Å². The molecule has 2 amide bonds. The Bertz CT molecular complexity index is 1090. The van der Waals surface area contributed by atoms with Gasteiger partial charge in [0.25, 0.3) is 5.91 Å². The van der Waals surface area contributed by atoms with Crippen LogP contribution in [0.3, 0.4) is 0 Å². The van der Waals surface area contributed by atoms with E-state index in [-0.39, 0.29) is 17.9 Å². The quantitative estimate of drug-likeness (QED) is 0.526. The van der Waals surface area contributed by atoms with Crippen LogP contribution in [0.5, 0.6) is 0 Å². The van der Waals surface area contributed by atoms with Crippen LogP contribution < -0.4 is 16.0 Å². The number of thioether (sulfide) groups is 1. The highest BCUT2D eigenvalue weighted by Crippen LogP contribution is 2.29. The zero-order chi connectivity index (χ0) is 21.6. The minimum Gasteiger partial charge on any atom is -0.371 e. The van der Waals surface area contributed by atoms with Crippen molar-refractivity contribution in [2.24, 2.45) is 0 Å². The zero-order valence-corrected chi connectivity index (χ0v) is 18.0. The van der Waals surface area contributed by atoms with Crippen LogP contribution in [0.25, 0.3) is 0 Å². The molecule has 0 fully saturated rings. The van der Waals surface area contributed by atoms with Gasteiger partial charge in [0, 0.05) is 36.0 Å². The summed E-state index contributed by atoms with van der Waals surface area (Å²) in [4.78, 5) is 29.1. The minimum atomic E-state index is -0.313. The van der Waals surface area contributed by atoms with E-state index in [0.29, 0.717) is 23.5 Å². The van der Waals surface area contributed by atoms with E-state index in [4.69, 9.17) is 0 Å². The number of rotatable bonds is 7. The van der Waals surface area contributed by atoms with Crippen LogP contribution in [0.4, 0.5) is 11.4 Å². The summed E-state index contributed by atoms with van der Waals surface area (Å²) >= 11 is 1.73. The SMILES string of the molecule is Cc1ccccc1CSCC1Nc2ccc(C(=O)NCc3cccnc3)cc2NC1=O. The summed E-state index contributed by atoms with van der Waals surface area (Å²) in [5.41, 5.74) is 5.41. The molecule has 6 nitrogen and oxygen atoms in total. The van der Waals surface area contributed by atoms with Crippen molar-refractivity contribution in [3.05, 3.63) is 89.2 Å². The molecule has 1 aliphatic heterocycles. The third-order valence-corrected chi connectivity index (χ3v) is 6.25. The lowest BCUT2D eigenvalue weighted by Crippen LogP contribution is -2.40. The van der Waals surface area contributed by atoms with Crippen molar-refractivity contribution in [3.63, 3.8) is 0 Å². The van der Waals surface area contributed by atoms with Crippen molar-refractivity contribution in [1.82, 2.24) is 10.3 Å². The molecule has 0 aliphatic carbocycles. The predicted molar refractivity (Wildman–Crippen MR) is 125 cm³/mol. The smallest absolute Gasteiger partial charge is 0.251 e. The van der Waals surface area contributed by atoms with E-state index in [2.05, 4.69) is 40.0 Å². The summed E-state index contributed by atoms with van der Waals surface area (Å²) in [7, 11) is 0. The standard InChI is InChI=1S/C24H24N4O2S/c1-16-5-2-3-7-19(16)14-31-15-22-24(30)28-21-11-18(8-9-20(21)27-22)23(29)26-13-17-6-4-10-25-12-17/h2-12,22,27H,13-15H2,1H3,(H,26,29)(H,28,30). The normalized spacial score (nSPS) is 14.9. The van der Waals surface area contributed by atoms with Gasteiger partial charge in [-0.3, -0.25) is 14.6 Å². The van der Waals surface area contributed by atoms with Crippen LogP contribution in [0.15, 0.2) is 67.0 Å². The molecule has 0 saturated carbocycles. The Morgan fingerprint density at radius 1 is 1.13 bits per heavy atom. The van der Waals surface area contributed by atoms with Gasteiger partial charge >= 0.3 is 0 Å². The summed E-state index contributed by atoms with van der Waals surface area (Å²) in [5, 5.41) is 9.11. The molecule has 1 aromatic heterocycles. The number of nitrogens with one attached hydrogen (secondary N) is 3. The van der Waals surface area contributed by atoms with Gasteiger partial charge in [0.05, 0.1) is 11.4 Å². The van der Waals surface area contributed by atoms with Crippen molar-refractivity contribution < 1.29 is 9.59 Å². The molecule has 0 bridgehead atoms. The fourth-order valence-electron chi connectivity index (χ4n) is 3.35. The highest BCUT2D eigenvalue weighted by Gasteiger charge is 2.26. The zero-order valence-electron chi connectivity index (χ0n) is 17.2. The lowest BCUT2D eigenvalue weighted by molar-refractivity contribution is -0.116. The lowest BCUT2D eigenvalue weighted by Gasteiger charge is -2.27. The Morgan fingerprint density at radius 2 is 2.00 bits per heavy atom. The average Bonchev–Trinajstić information content (AvgIpc) is 2.79. The fourth-order valence-corrected chi connectivity index (χ4v) is 4.48. The Morgan fingerprint density at radius 3 is 2.81 bits per heavy atom. The number of carbonyl (C=O) groups excluding carboxylic acids is 2. The molecule has 158 valence electrons. The summed E-state index contributed by atoms with van der Waals surface area (Å²) in [6.45, 7) is 2.50. The summed E-state index contributed by atoms with van der Waals surface area (Å²) in [6.07, 6.45) is 3.41. The van der Waals surface area contributed by atoms with E-state index in [1.165, 1.54) is 11.1 Å². The van der Waals surface area contributed by atoms with Gasteiger partial charge in [-0.15, -0.1) is 0 Å². The van der Waals surface area contributed by atoms with E-state index < -0.39 is 0 Å². The van der Waals surface area contributed by atoms with Gasteiger partial charge in [0.2, 0.25) is 5.91 Å². The first kappa shape index (κ1) is 20.9. The Hall–Kier alpha value is -3.32. The molecular formula is C24H24N4O2S. The molecule has 0 spiro atoms. The Kier molecular flexibility index (Phi) is 6.52. The number of nitrogens with zero attached hydrogens (tertiary/aromatic N) is 1. The third kappa shape index (κ3) is 5.24. The number of aromatic nitrogens is 1. The second kappa shape index (κ2) is 9.66. The molecule has 2 heterocycles. The van der Waals surface area contributed by atoms with Gasteiger partial charge in [-0.1, -0.05) is 30.3 Å². The number of fused-ring (bicyclic) bond motifs is 1. The monoisotopic (exact) mass is 432 g/mol. The van der Waals surface area contributed by atoms with Gasteiger partial charge in [0.15, 0.2) is 0 Å². The first-order chi connectivity index (χ1) is 15.1. The Balaban J connectivity index is 1.34. The molecule has 7 heteroatoms. The van der Waals surface area contributed by atoms with Gasteiger partial charge in [-0.05, 0) is 47.9 Å². The van der Waals surface area contributed by atoms with Crippen LogP contribution in [-0.4, -0.2) is 28.6 Å². The highest BCUT2D eigenvalue weighted by atomic mass is 32.2. The number of carbonyl (C=O) groups is 2. The second-order valence-corrected chi connectivity index (χ2v) is 8.46.